The van der Waals surface area contributed by atoms with Gasteiger partial charge in [0.2, 0.25) is 0 Å². The molecular weight excluding hydrogens is 276 g/mol. The number of fused-ring (bicyclic) bond motifs is 1. The van der Waals surface area contributed by atoms with Crippen LogP contribution in [0.15, 0.2) is 48.5 Å². The predicted molar refractivity (Wildman–Crippen MR) is 86.9 cm³/mol. The molecule has 0 saturated carbocycles. The Labute approximate surface area is 129 Å². The maximum absolute atomic E-state index is 11.8. The molecule has 0 atom stereocenters. The number of anilines is 2. The van der Waals surface area contributed by atoms with Gasteiger partial charge in [0.05, 0.1) is 12.2 Å². The first kappa shape index (κ1) is 14.0. The number of amides is 1. The Bertz CT molecular complexity index is 720. The van der Waals surface area contributed by atoms with Gasteiger partial charge in [-0.15, -0.1) is 6.42 Å². The predicted octanol–water partition coefficient (Wildman–Crippen LogP) is 2.66. The monoisotopic (exact) mass is 292 g/mol. The first-order chi connectivity index (χ1) is 10.8. The van der Waals surface area contributed by atoms with Crippen molar-refractivity contribution in [2.24, 2.45) is 0 Å². The molecule has 22 heavy (non-hydrogen) atoms. The quantitative estimate of drug-likeness (QED) is 0.881. The van der Waals surface area contributed by atoms with E-state index in [1.165, 1.54) is 5.56 Å². The Hall–Kier alpha value is -2.93. The van der Waals surface area contributed by atoms with Crippen molar-refractivity contribution in [3.8, 4) is 18.1 Å². The topological polar surface area (TPSA) is 41.6 Å². The summed E-state index contributed by atoms with van der Waals surface area (Å²) in [5.41, 5.74) is 2.86. The van der Waals surface area contributed by atoms with Crippen LogP contribution in [0.1, 0.15) is 5.56 Å². The number of rotatable bonds is 4. The third-order valence-electron chi connectivity index (χ3n) is 3.49. The van der Waals surface area contributed by atoms with E-state index in [0.29, 0.717) is 5.75 Å². The number of terminal acetylenes is 1. The van der Waals surface area contributed by atoms with E-state index >= 15 is 0 Å². The van der Waals surface area contributed by atoms with Crippen LogP contribution in [0.25, 0.3) is 0 Å². The average Bonchev–Trinajstić information content (AvgIpc) is 2.56. The zero-order valence-electron chi connectivity index (χ0n) is 12.1. The molecule has 0 aliphatic carbocycles. The molecule has 0 aromatic heterocycles. The third kappa shape index (κ3) is 2.89. The number of hydrogen-bond acceptors (Lipinski definition) is 3. The molecule has 0 fully saturated rings. The van der Waals surface area contributed by atoms with Gasteiger partial charge in [0, 0.05) is 18.3 Å². The molecule has 0 bridgehead atoms. The minimum absolute atomic E-state index is 0.0246. The lowest BCUT2D eigenvalue weighted by atomic mass is 10.2. The van der Waals surface area contributed by atoms with Crippen molar-refractivity contribution in [3.05, 3.63) is 54.1 Å². The lowest BCUT2D eigenvalue weighted by Gasteiger charge is -2.28. The van der Waals surface area contributed by atoms with Crippen LogP contribution in [0.4, 0.5) is 11.4 Å². The van der Waals surface area contributed by atoms with Crippen molar-refractivity contribution in [2.75, 3.05) is 23.4 Å². The third-order valence-corrected chi connectivity index (χ3v) is 3.49. The van der Waals surface area contributed by atoms with Crippen LogP contribution >= 0.6 is 0 Å². The van der Waals surface area contributed by atoms with E-state index in [4.69, 9.17) is 11.2 Å². The zero-order valence-corrected chi connectivity index (χ0v) is 12.1. The van der Waals surface area contributed by atoms with Gasteiger partial charge in [0.15, 0.2) is 6.61 Å². The van der Waals surface area contributed by atoms with E-state index in [9.17, 15) is 4.79 Å². The van der Waals surface area contributed by atoms with Gasteiger partial charge in [-0.05, 0) is 17.7 Å². The second-order valence-electron chi connectivity index (χ2n) is 4.99. The van der Waals surface area contributed by atoms with Gasteiger partial charge >= 0.3 is 0 Å². The van der Waals surface area contributed by atoms with Gasteiger partial charge in [-0.3, -0.25) is 9.69 Å². The molecular formula is C18H16N2O2. The normalized spacial score (nSPS) is 13.0. The summed E-state index contributed by atoms with van der Waals surface area (Å²) in [7, 11) is 0. The minimum atomic E-state index is -0.115. The number of benzene rings is 2. The molecule has 0 saturated heterocycles. The Morgan fingerprint density at radius 1 is 1.23 bits per heavy atom. The average molecular weight is 292 g/mol. The van der Waals surface area contributed by atoms with E-state index in [-0.39, 0.29) is 19.1 Å². The van der Waals surface area contributed by atoms with Gasteiger partial charge in [-0.1, -0.05) is 36.3 Å². The number of nitrogens with zero attached hydrogens (tertiary/aromatic N) is 1. The summed E-state index contributed by atoms with van der Waals surface area (Å²) in [5, 5.41) is 3.35. The molecule has 0 spiro atoms. The number of carbonyl (C=O) groups excluding carboxylic acids is 1. The Balaban J connectivity index is 1.76. The van der Waals surface area contributed by atoms with Gasteiger partial charge < -0.3 is 10.1 Å². The molecule has 2 aromatic carbocycles. The summed E-state index contributed by atoms with van der Waals surface area (Å²) in [5.74, 6) is 3.06. The Morgan fingerprint density at radius 2 is 2.05 bits per heavy atom. The summed E-state index contributed by atoms with van der Waals surface area (Å²) in [6.45, 7) is 1.01. The molecule has 0 unspecified atom stereocenters. The SMILES string of the molecule is C#CCN1C(=O)COc2cc(NCc3ccccc3)ccc21. The minimum Gasteiger partial charge on any atom is -0.481 e. The number of hydrogen-bond donors (Lipinski definition) is 1. The molecule has 1 aliphatic rings. The zero-order chi connectivity index (χ0) is 15.4. The van der Waals surface area contributed by atoms with Crippen LogP contribution in [0.2, 0.25) is 0 Å². The first-order valence-corrected chi connectivity index (χ1v) is 7.06. The molecule has 3 rings (SSSR count). The first-order valence-electron chi connectivity index (χ1n) is 7.06. The molecule has 2 aromatic rings. The van der Waals surface area contributed by atoms with Crippen LogP contribution in [-0.2, 0) is 11.3 Å². The largest absolute Gasteiger partial charge is 0.481 e. The summed E-state index contributed by atoms with van der Waals surface area (Å²) in [6, 6.07) is 15.8. The fraction of sp³-hybridized carbons (Fsp3) is 0.167. The highest BCUT2D eigenvalue weighted by molar-refractivity contribution is 5.98. The van der Waals surface area contributed by atoms with Crippen LogP contribution in [0, 0.1) is 12.3 Å². The van der Waals surface area contributed by atoms with Crippen molar-refractivity contribution in [1.82, 2.24) is 0 Å². The summed E-state index contributed by atoms with van der Waals surface area (Å²) < 4.78 is 5.51. The molecule has 1 heterocycles. The maximum Gasteiger partial charge on any atom is 0.265 e. The van der Waals surface area contributed by atoms with Crippen molar-refractivity contribution in [3.63, 3.8) is 0 Å². The van der Waals surface area contributed by atoms with Crippen molar-refractivity contribution >= 4 is 17.3 Å². The van der Waals surface area contributed by atoms with Crippen molar-refractivity contribution in [1.29, 1.82) is 0 Å². The summed E-state index contributed by atoms with van der Waals surface area (Å²) in [6.07, 6.45) is 5.32. The fourth-order valence-corrected chi connectivity index (χ4v) is 2.38. The van der Waals surface area contributed by atoms with E-state index in [2.05, 4.69) is 23.4 Å². The van der Waals surface area contributed by atoms with Gasteiger partial charge in [0.25, 0.3) is 5.91 Å². The molecule has 4 nitrogen and oxygen atoms in total. The maximum atomic E-state index is 11.8. The molecule has 1 amide bonds. The number of ether oxygens (including phenoxy) is 1. The van der Waals surface area contributed by atoms with Crippen LogP contribution in [0.5, 0.6) is 5.75 Å². The highest BCUT2D eigenvalue weighted by Gasteiger charge is 2.24. The number of carbonyl (C=O) groups is 1. The molecule has 1 N–H and O–H groups in total. The Kier molecular flexibility index (Phi) is 3.97. The molecule has 0 radical (unpaired) electrons. The van der Waals surface area contributed by atoms with Crippen LogP contribution < -0.4 is 15.0 Å². The molecule has 110 valence electrons. The van der Waals surface area contributed by atoms with E-state index < -0.39 is 0 Å². The standard InChI is InChI=1S/C18H16N2O2/c1-2-10-20-16-9-8-15(11-17(16)22-13-18(20)21)19-12-14-6-4-3-5-7-14/h1,3-9,11,19H,10,12-13H2. The lowest BCUT2D eigenvalue weighted by molar-refractivity contribution is -0.121. The van der Waals surface area contributed by atoms with E-state index in [1.54, 1.807) is 4.90 Å². The number of nitrogens with one attached hydrogen (secondary N) is 1. The van der Waals surface area contributed by atoms with Crippen LogP contribution in [0.3, 0.4) is 0 Å². The summed E-state index contributed by atoms with van der Waals surface area (Å²) in [4.78, 5) is 13.4. The van der Waals surface area contributed by atoms with Crippen LogP contribution in [-0.4, -0.2) is 19.1 Å². The molecule has 1 aliphatic heterocycles. The highest BCUT2D eigenvalue weighted by Crippen LogP contribution is 2.34. The highest BCUT2D eigenvalue weighted by atomic mass is 16.5. The van der Waals surface area contributed by atoms with E-state index in [0.717, 1.165) is 17.9 Å². The Morgan fingerprint density at radius 3 is 2.82 bits per heavy atom. The second kappa shape index (κ2) is 6.23. The smallest absolute Gasteiger partial charge is 0.265 e. The van der Waals surface area contributed by atoms with Gasteiger partial charge in [-0.25, -0.2) is 0 Å². The second-order valence-corrected chi connectivity index (χ2v) is 4.99. The van der Waals surface area contributed by atoms with Crippen molar-refractivity contribution < 1.29 is 9.53 Å². The van der Waals surface area contributed by atoms with Crippen molar-refractivity contribution in [2.45, 2.75) is 6.54 Å². The summed E-state index contributed by atoms with van der Waals surface area (Å²) >= 11 is 0. The van der Waals surface area contributed by atoms with E-state index in [1.807, 2.05) is 36.4 Å². The van der Waals surface area contributed by atoms with Gasteiger partial charge in [-0.2, -0.15) is 0 Å². The fourth-order valence-electron chi connectivity index (χ4n) is 2.38. The van der Waals surface area contributed by atoms with Gasteiger partial charge in [0.1, 0.15) is 5.75 Å². The lowest BCUT2D eigenvalue weighted by Crippen LogP contribution is -2.38. The molecule has 4 heteroatoms.